The molecule has 2 rings (SSSR count). The van der Waals surface area contributed by atoms with E-state index in [-0.39, 0.29) is 10.3 Å². The fourth-order valence-electron chi connectivity index (χ4n) is 2.66. The van der Waals surface area contributed by atoms with Crippen LogP contribution in [-0.4, -0.2) is 13.2 Å². The van der Waals surface area contributed by atoms with Crippen LogP contribution in [0.5, 0.6) is 0 Å². The van der Waals surface area contributed by atoms with Crippen LogP contribution in [0, 0.1) is 16.7 Å². The van der Waals surface area contributed by atoms with Crippen LogP contribution >= 0.6 is 15.9 Å². The summed E-state index contributed by atoms with van der Waals surface area (Å²) >= 11 is 3.27. The van der Waals surface area contributed by atoms with Crippen LogP contribution < -0.4 is 0 Å². The molecule has 1 aromatic carbocycles. The summed E-state index contributed by atoms with van der Waals surface area (Å²) in [7, 11) is -3.58. The average Bonchev–Trinajstić information content (AvgIpc) is 2.25. The Morgan fingerprint density at radius 3 is 2.11 bits per heavy atom. The lowest BCUT2D eigenvalue weighted by molar-refractivity contribution is 0.154. The molecule has 1 aliphatic rings. The van der Waals surface area contributed by atoms with Gasteiger partial charge in [-0.1, -0.05) is 29.8 Å². The number of sulfone groups is 1. The third-order valence-electron chi connectivity index (χ3n) is 3.37. The minimum atomic E-state index is -3.58. The fraction of sp³-hybridized carbons (Fsp3) is 0.462. The van der Waals surface area contributed by atoms with Gasteiger partial charge in [-0.05, 0) is 42.5 Å². The average molecular weight is 328 g/mol. The van der Waals surface area contributed by atoms with Gasteiger partial charge in [0, 0.05) is 4.47 Å². The highest BCUT2D eigenvalue weighted by Gasteiger charge is 2.58. The monoisotopic (exact) mass is 327 g/mol. The summed E-state index contributed by atoms with van der Waals surface area (Å²) in [6.45, 7) is 3.97. The number of rotatable bonds is 2. The second kappa shape index (κ2) is 4.07. The smallest absolute Gasteiger partial charge is 0.197 e. The summed E-state index contributed by atoms with van der Waals surface area (Å²) in [4.78, 5) is 0.225. The second-order valence-electron chi connectivity index (χ2n) is 5.58. The molecule has 18 heavy (non-hydrogen) atoms. The largest absolute Gasteiger partial charge is 0.222 e. The molecular weight excluding hydrogens is 314 g/mol. The van der Waals surface area contributed by atoms with Crippen molar-refractivity contribution in [3.8, 4) is 6.07 Å². The number of hydrogen-bond acceptors (Lipinski definition) is 3. The van der Waals surface area contributed by atoms with Gasteiger partial charge in [-0.15, -0.1) is 0 Å². The minimum Gasteiger partial charge on any atom is -0.222 e. The van der Waals surface area contributed by atoms with Crippen molar-refractivity contribution in [2.24, 2.45) is 5.41 Å². The lowest BCUT2D eigenvalue weighted by Gasteiger charge is -2.47. The Morgan fingerprint density at radius 2 is 1.72 bits per heavy atom. The minimum absolute atomic E-state index is 0.0713. The zero-order valence-electron chi connectivity index (χ0n) is 10.3. The number of hydrogen-bond donors (Lipinski definition) is 0. The van der Waals surface area contributed by atoms with Crippen LogP contribution in [0.15, 0.2) is 33.6 Å². The third kappa shape index (κ3) is 1.98. The first-order valence-corrected chi connectivity index (χ1v) is 7.92. The first kappa shape index (κ1) is 13.6. The number of benzene rings is 1. The van der Waals surface area contributed by atoms with Gasteiger partial charge in [0.05, 0.1) is 11.0 Å². The van der Waals surface area contributed by atoms with Gasteiger partial charge in [0.25, 0.3) is 0 Å². The molecule has 5 heteroatoms. The maximum atomic E-state index is 12.5. The Morgan fingerprint density at radius 1 is 1.22 bits per heavy atom. The Bertz CT molecular complexity index is 603. The molecule has 0 radical (unpaired) electrons. The van der Waals surface area contributed by atoms with E-state index in [9.17, 15) is 13.7 Å². The molecule has 3 nitrogen and oxygen atoms in total. The molecule has 0 N–H and O–H groups in total. The molecule has 1 aliphatic carbocycles. The van der Waals surface area contributed by atoms with Gasteiger partial charge in [0.1, 0.15) is 0 Å². The van der Waals surface area contributed by atoms with Crippen LogP contribution in [0.4, 0.5) is 0 Å². The third-order valence-corrected chi connectivity index (χ3v) is 6.20. The number of halogens is 1. The lowest BCUT2D eigenvalue weighted by atomic mass is 9.64. The molecule has 0 aliphatic heterocycles. The van der Waals surface area contributed by atoms with E-state index in [1.807, 2.05) is 19.9 Å². The van der Waals surface area contributed by atoms with Gasteiger partial charge in [-0.2, -0.15) is 5.26 Å². The highest BCUT2D eigenvalue weighted by Crippen LogP contribution is 2.53. The molecule has 0 spiro atoms. The predicted octanol–water partition coefficient (Wildman–Crippen LogP) is 3.31. The van der Waals surface area contributed by atoms with E-state index in [2.05, 4.69) is 15.9 Å². The highest BCUT2D eigenvalue weighted by molar-refractivity contribution is 9.10. The van der Waals surface area contributed by atoms with Crippen LogP contribution in [0.3, 0.4) is 0 Å². The first-order valence-electron chi connectivity index (χ1n) is 5.64. The van der Waals surface area contributed by atoms with E-state index in [0.717, 1.165) is 4.47 Å². The Balaban J connectivity index is 2.44. The molecule has 0 saturated heterocycles. The van der Waals surface area contributed by atoms with Crippen LogP contribution in [-0.2, 0) is 9.84 Å². The van der Waals surface area contributed by atoms with E-state index < -0.39 is 14.6 Å². The van der Waals surface area contributed by atoms with Crippen molar-refractivity contribution in [1.82, 2.24) is 0 Å². The Hall–Kier alpha value is -0.860. The van der Waals surface area contributed by atoms with E-state index in [1.165, 1.54) is 0 Å². The molecule has 1 aromatic rings. The maximum Gasteiger partial charge on any atom is 0.197 e. The number of nitriles is 1. The quantitative estimate of drug-likeness (QED) is 0.837. The summed E-state index contributed by atoms with van der Waals surface area (Å²) in [5, 5.41) is 9.28. The van der Waals surface area contributed by atoms with Gasteiger partial charge in [0.2, 0.25) is 0 Å². The molecule has 0 atom stereocenters. The second-order valence-corrected chi connectivity index (χ2v) is 8.76. The first-order chi connectivity index (χ1) is 8.22. The fourth-order valence-corrected chi connectivity index (χ4v) is 5.15. The Kier molecular flexibility index (Phi) is 3.07. The molecule has 1 fully saturated rings. The Labute approximate surface area is 116 Å². The van der Waals surface area contributed by atoms with Crippen molar-refractivity contribution in [3.63, 3.8) is 0 Å². The van der Waals surface area contributed by atoms with Gasteiger partial charge in [-0.25, -0.2) is 8.42 Å². The predicted molar refractivity (Wildman–Crippen MR) is 72.7 cm³/mol. The molecule has 0 bridgehead atoms. The van der Waals surface area contributed by atoms with Crippen molar-refractivity contribution < 1.29 is 8.42 Å². The molecule has 0 heterocycles. The molecule has 1 saturated carbocycles. The SMILES string of the molecule is CC1(C)CC(C#N)(S(=O)(=O)c2ccc(Br)cc2)C1. The van der Waals surface area contributed by atoms with E-state index in [1.54, 1.807) is 24.3 Å². The molecule has 0 amide bonds. The topological polar surface area (TPSA) is 57.9 Å². The van der Waals surface area contributed by atoms with Crippen molar-refractivity contribution in [2.45, 2.75) is 36.3 Å². The van der Waals surface area contributed by atoms with Crippen molar-refractivity contribution in [3.05, 3.63) is 28.7 Å². The summed E-state index contributed by atoms with van der Waals surface area (Å²) < 4.78 is 24.6. The van der Waals surface area contributed by atoms with Gasteiger partial charge >= 0.3 is 0 Å². The molecular formula is C13H14BrNO2S. The van der Waals surface area contributed by atoms with E-state index >= 15 is 0 Å². The maximum absolute atomic E-state index is 12.5. The summed E-state index contributed by atoms with van der Waals surface area (Å²) in [6, 6.07) is 8.48. The zero-order valence-corrected chi connectivity index (χ0v) is 12.7. The summed E-state index contributed by atoms with van der Waals surface area (Å²) in [5.41, 5.74) is -0.0713. The van der Waals surface area contributed by atoms with Crippen molar-refractivity contribution >= 4 is 25.8 Å². The van der Waals surface area contributed by atoms with E-state index in [4.69, 9.17) is 0 Å². The normalized spacial score (nSPS) is 20.8. The van der Waals surface area contributed by atoms with Gasteiger partial charge in [-0.3, -0.25) is 0 Å². The van der Waals surface area contributed by atoms with Gasteiger partial charge < -0.3 is 0 Å². The standard InChI is InChI=1S/C13H14BrNO2S/c1-12(2)7-13(8-12,9-15)18(16,17)11-5-3-10(14)4-6-11/h3-6H,7-8H2,1-2H3. The lowest BCUT2D eigenvalue weighted by Crippen LogP contribution is -2.53. The van der Waals surface area contributed by atoms with Crippen molar-refractivity contribution in [1.29, 1.82) is 5.26 Å². The van der Waals surface area contributed by atoms with Crippen LogP contribution in [0.1, 0.15) is 26.7 Å². The van der Waals surface area contributed by atoms with Gasteiger partial charge in [0.15, 0.2) is 14.6 Å². The molecule has 96 valence electrons. The van der Waals surface area contributed by atoms with Crippen LogP contribution in [0.2, 0.25) is 0 Å². The number of nitrogens with zero attached hydrogens (tertiary/aromatic N) is 1. The van der Waals surface area contributed by atoms with Crippen molar-refractivity contribution in [2.75, 3.05) is 0 Å². The summed E-state index contributed by atoms with van der Waals surface area (Å²) in [6.07, 6.45) is 0.795. The summed E-state index contributed by atoms with van der Waals surface area (Å²) in [5.74, 6) is 0. The molecule has 0 aromatic heterocycles. The van der Waals surface area contributed by atoms with Crippen LogP contribution in [0.25, 0.3) is 0 Å². The highest BCUT2D eigenvalue weighted by atomic mass is 79.9. The zero-order chi connectivity index (χ0) is 13.6. The molecule has 0 unspecified atom stereocenters. The van der Waals surface area contributed by atoms with E-state index in [0.29, 0.717) is 12.8 Å².